The van der Waals surface area contributed by atoms with Gasteiger partial charge >= 0.3 is 5.97 Å². The number of thiazole rings is 1. The SMILES string of the molecule is Cc1nn(C)cc1C(=O)Nc1ncc(/C=C/C(=O)O)s1. The van der Waals surface area contributed by atoms with Gasteiger partial charge in [-0.25, -0.2) is 9.78 Å². The molecule has 1 amide bonds. The lowest BCUT2D eigenvalue weighted by molar-refractivity contribution is -0.131. The van der Waals surface area contributed by atoms with E-state index in [-0.39, 0.29) is 5.91 Å². The molecular weight excluding hydrogens is 280 g/mol. The summed E-state index contributed by atoms with van der Waals surface area (Å²) in [7, 11) is 1.74. The lowest BCUT2D eigenvalue weighted by Crippen LogP contribution is -2.12. The first-order valence-corrected chi connectivity index (χ1v) is 6.46. The standard InChI is InChI=1S/C12H12N4O3S/c1-7-9(6-16(2)15-7)11(19)14-12-13-5-8(20-12)3-4-10(17)18/h3-6H,1-2H3,(H,17,18)(H,13,14,19)/b4-3+. The largest absolute Gasteiger partial charge is 0.478 e. The van der Waals surface area contributed by atoms with E-state index in [2.05, 4.69) is 15.4 Å². The Balaban J connectivity index is 2.09. The van der Waals surface area contributed by atoms with Crippen molar-refractivity contribution in [1.82, 2.24) is 14.8 Å². The van der Waals surface area contributed by atoms with Crippen LogP contribution in [-0.2, 0) is 11.8 Å². The van der Waals surface area contributed by atoms with Gasteiger partial charge in [0, 0.05) is 30.4 Å². The number of hydrogen-bond acceptors (Lipinski definition) is 5. The third-order valence-electron chi connectivity index (χ3n) is 2.39. The summed E-state index contributed by atoms with van der Waals surface area (Å²) >= 11 is 1.19. The summed E-state index contributed by atoms with van der Waals surface area (Å²) in [5.41, 5.74) is 1.11. The molecule has 20 heavy (non-hydrogen) atoms. The van der Waals surface area contributed by atoms with Crippen molar-refractivity contribution in [3.63, 3.8) is 0 Å². The minimum absolute atomic E-state index is 0.293. The van der Waals surface area contributed by atoms with Gasteiger partial charge in [-0.05, 0) is 13.0 Å². The molecule has 2 aromatic rings. The van der Waals surface area contributed by atoms with Crippen LogP contribution < -0.4 is 5.32 Å². The highest BCUT2D eigenvalue weighted by Gasteiger charge is 2.14. The quantitative estimate of drug-likeness (QED) is 0.833. The Hall–Kier alpha value is -2.48. The molecule has 0 saturated carbocycles. The number of nitrogens with zero attached hydrogens (tertiary/aromatic N) is 3. The number of aromatic nitrogens is 3. The number of anilines is 1. The maximum Gasteiger partial charge on any atom is 0.328 e. The fourth-order valence-corrected chi connectivity index (χ4v) is 2.28. The highest BCUT2D eigenvalue weighted by Crippen LogP contribution is 2.20. The van der Waals surface area contributed by atoms with Gasteiger partial charge < -0.3 is 5.11 Å². The van der Waals surface area contributed by atoms with E-state index >= 15 is 0 Å². The molecule has 0 saturated heterocycles. The smallest absolute Gasteiger partial charge is 0.328 e. The maximum atomic E-state index is 12.0. The number of nitrogens with one attached hydrogen (secondary N) is 1. The van der Waals surface area contributed by atoms with Crippen LogP contribution in [-0.4, -0.2) is 31.7 Å². The number of rotatable bonds is 4. The van der Waals surface area contributed by atoms with Gasteiger partial charge in [0.1, 0.15) is 0 Å². The molecule has 0 bridgehead atoms. The Labute approximate surface area is 118 Å². The molecule has 2 heterocycles. The number of carbonyl (C=O) groups is 2. The molecule has 2 aromatic heterocycles. The second-order valence-electron chi connectivity index (χ2n) is 4.00. The molecule has 0 atom stereocenters. The monoisotopic (exact) mass is 292 g/mol. The fourth-order valence-electron chi connectivity index (χ4n) is 1.56. The van der Waals surface area contributed by atoms with Crippen LogP contribution in [0, 0.1) is 6.92 Å². The Morgan fingerprint density at radius 1 is 1.50 bits per heavy atom. The van der Waals surface area contributed by atoms with Crippen molar-refractivity contribution < 1.29 is 14.7 Å². The molecule has 2 rings (SSSR count). The van der Waals surface area contributed by atoms with Gasteiger partial charge in [0.25, 0.3) is 5.91 Å². The summed E-state index contributed by atoms with van der Waals surface area (Å²) < 4.78 is 1.56. The second-order valence-corrected chi connectivity index (χ2v) is 5.06. The van der Waals surface area contributed by atoms with Crippen molar-refractivity contribution in [3.8, 4) is 0 Å². The lowest BCUT2D eigenvalue weighted by Gasteiger charge is -1.98. The molecule has 0 radical (unpaired) electrons. The van der Waals surface area contributed by atoms with Gasteiger partial charge in [-0.3, -0.25) is 14.8 Å². The first-order chi connectivity index (χ1) is 9.45. The summed E-state index contributed by atoms with van der Waals surface area (Å²) in [6, 6.07) is 0. The zero-order valence-electron chi connectivity index (χ0n) is 10.8. The summed E-state index contributed by atoms with van der Waals surface area (Å²) in [6.07, 6.45) is 5.56. The third kappa shape index (κ3) is 3.29. The number of carboxylic acids is 1. The Kier molecular flexibility index (Phi) is 3.94. The van der Waals surface area contributed by atoms with E-state index in [1.54, 1.807) is 24.9 Å². The minimum Gasteiger partial charge on any atom is -0.478 e. The predicted octanol–water partition coefficient (Wildman–Crippen LogP) is 1.54. The Morgan fingerprint density at radius 3 is 2.85 bits per heavy atom. The van der Waals surface area contributed by atoms with Crippen LogP contribution in [0.5, 0.6) is 0 Å². The van der Waals surface area contributed by atoms with Gasteiger partial charge in [-0.2, -0.15) is 5.10 Å². The summed E-state index contributed by atoms with van der Waals surface area (Å²) in [4.78, 5) is 27.1. The van der Waals surface area contributed by atoms with Crippen molar-refractivity contribution in [1.29, 1.82) is 0 Å². The number of hydrogen-bond donors (Lipinski definition) is 2. The molecule has 0 fully saturated rings. The number of aryl methyl sites for hydroxylation is 2. The van der Waals surface area contributed by atoms with E-state index in [4.69, 9.17) is 5.11 Å². The van der Waals surface area contributed by atoms with E-state index in [1.807, 2.05) is 0 Å². The van der Waals surface area contributed by atoms with E-state index < -0.39 is 5.97 Å². The van der Waals surface area contributed by atoms with Crippen LogP contribution >= 0.6 is 11.3 Å². The molecule has 2 N–H and O–H groups in total. The zero-order chi connectivity index (χ0) is 14.7. The maximum absolute atomic E-state index is 12.0. The number of amides is 1. The third-order valence-corrected chi connectivity index (χ3v) is 3.27. The van der Waals surface area contributed by atoms with Crippen molar-refractivity contribution in [2.75, 3.05) is 5.32 Å². The van der Waals surface area contributed by atoms with Gasteiger partial charge in [0.05, 0.1) is 11.3 Å². The van der Waals surface area contributed by atoms with E-state index in [9.17, 15) is 9.59 Å². The molecule has 0 aliphatic heterocycles. The summed E-state index contributed by atoms with van der Waals surface area (Å²) in [5, 5.41) is 15.7. The lowest BCUT2D eigenvalue weighted by atomic mass is 10.2. The molecule has 0 spiro atoms. The molecule has 0 aliphatic rings. The normalized spacial score (nSPS) is 10.9. The van der Waals surface area contributed by atoms with Crippen LogP contribution in [0.3, 0.4) is 0 Å². The molecular formula is C12H12N4O3S. The molecule has 0 aromatic carbocycles. The molecule has 104 valence electrons. The summed E-state index contributed by atoms with van der Waals surface area (Å²) in [5.74, 6) is -1.33. The molecule has 0 aliphatic carbocycles. The Morgan fingerprint density at radius 2 is 2.25 bits per heavy atom. The van der Waals surface area contributed by atoms with E-state index in [1.165, 1.54) is 23.6 Å². The van der Waals surface area contributed by atoms with Crippen LogP contribution in [0.4, 0.5) is 5.13 Å². The summed E-state index contributed by atoms with van der Waals surface area (Å²) in [6.45, 7) is 1.75. The van der Waals surface area contributed by atoms with Crippen LogP contribution in [0.25, 0.3) is 6.08 Å². The van der Waals surface area contributed by atoms with Gasteiger partial charge in [-0.15, -0.1) is 0 Å². The van der Waals surface area contributed by atoms with Crippen molar-refractivity contribution in [3.05, 3.63) is 34.6 Å². The first-order valence-electron chi connectivity index (χ1n) is 5.64. The van der Waals surface area contributed by atoms with Crippen molar-refractivity contribution in [2.24, 2.45) is 7.05 Å². The zero-order valence-corrected chi connectivity index (χ0v) is 11.6. The average molecular weight is 292 g/mol. The molecule has 8 heteroatoms. The van der Waals surface area contributed by atoms with Crippen molar-refractivity contribution >= 4 is 34.4 Å². The fraction of sp³-hybridized carbons (Fsp3) is 0.167. The van der Waals surface area contributed by atoms with Crippen LogP contribution in [0.1, 0.15) is 20.9 Å². The van der Waals surface area contributed by atoms with Gasteiger partial charge in [0.2, 0.25) is 0 Å². The van der Waals surface area contributed by atoms with Crippen LogP contribution in [0.2, 0.25) is 0 Å². The average Bonchev–Trinajstić information content (AvgIpc) is 2.93. The van der Waals surface area contributed by atoms with Gasteiger partial charge in [0.15, 0.2) is 5.13 Å². The minimum atomic E-state index is -1.03. The number of carbonyl (C=O) groups excluding carboxylic acids is 1. The van der Waals surface area contributed by atoms with E-state index in [0.717, 1.165) is 6.08 Å². The highest BCUT2D eigenvalue weighted by atomic mass is 32.1. The predicted molar refractivity (Wildman–Crippen MR) is 74.7 cm³/mol. The molecule has 7 nitrogen and oxygen atoms in total. The Bertz CT molecular complexity index is 687. The van der Waals surface area contributed by atoms with Crippen LogP contribution in [0.15, 0.2) is 18.5 Å². The number of aliphatic carboxylic acids is 1. The van der Waals surface area contributed by atoms with Crippen molar-refractivity contribution in [2.45, 2.75) is 6.92 Å². The molecule has 0 unspecified atom stereocenters. The first kappa shape index (κ1) is 13.9. The van der Waals surface area contributed by atoms with E-state index in [0.29, 0.717) is 21.3 Å². The number of carboxylic acid groups (broad SMARTS) is 1. The highest BCUT2D eigenvalue weighted by molar-refractivity contribution is 7.16. The second kappa shape index (κ2) is 5.66. The topological polar surface area (TPSA) is 97.1 Å². The van der Waals surface area contributed by atoms with Gasteiger partial charge in [-0.1, -0.05) is 11.3 Å².